The number of benzene rings is 1. The van der Waals surface area contributed by atoms with E-state index in [4.69, 9.17) is 17.3 Å². The number of amides is 1. The van der Waals surface area contributed by atoms with E-state index in [2.05, 4.69) is 15.9 Å². The van der Waals surface area contributed by atoms with Crippen LogP contribution in [0.3, 0.4) is 0 Å². The molecule has 0 aromatic heterocycles. The van der Waals surface area contributed by atoms with Crippen LogP contribution in [0.15, 0.2) is 16.6 Å². The van der Waals surface area contributed by atoms with Crippen LogP contribution < -0.4 is 10.6 Å². The van der Waals surface area contributed by atoms with Crippen molar-refractivity contribution in [3.63, 3.8) is 0 Å². The normalized spacial score (nSPS) is 20.1. The monoisotopic (exact) mass is 316 g/mol. The van der Waals surface area contributed by atoms with Crippen molar-refractivity contribution >= 4 is 44.8 Å². The van der Waals surface area contributed by atoms with E-state index in [0.29, 0.717) is 24.5 Å². The smallest absolute Gasteiger partial charge is 0.227 e. The van der Waals surface area contributed by atoms with Gasteiger partial charge in [-0.2, -0.15) is 0 Å². The van der Waals surface area contributed by atoms with Gasteiger partial charge in [-0.05, 0) is 30.5 Å². The Morgan fingerprint density at radius 2 is 2.29 bits per heavy atom. The van der Waals surface area contributed by atoms with E-state index in [1.165, 1.54) is 0 Å². The average molecular weight is 318 g/mol. The van der Waals surface area contributed by atoms with Gasteiger partial charge in [0.05, 0.1) is 11.4 Å². The lowest BCUT2D eigenvalue weighted by atomic mass is 10.1. The van der Waals surface area contributed by atoms with E-state index < -0.39 is 0 Å². The second kappa shape index (κ2) is 4.86. The van der Waals surface area contributed by atoms with Gasteiger partial charge in [-0.3, -0.25) is 4.79 Å². The fraction of sp³-hybridized carbons (Fsp3) is 0.417. The maximum absolute atomic E-state index is 11.9. The molecule has 1 aliphatic rings. The standard InChI is InChI=1S/C12H14BrClN2O/c1-7-2-10(15)11(4-9(7)13)16-6-8(5-14)3-12(16)17/h2,4,8H,3,5-6,15H2,1H3. The molecule has 1 aromatic rings. The number of hydrogen-bond donors (Lipinski definition) is 1. The summed E-state index contributed by atoms with van der Waals surface area (Å²) in [7, 11) is 0. The molecule has 5 heteroatoms. The zero-order valence-corrected chi connectivity index (χ0v) is 11.9. The molecule has 1 heterocycles. The van der Waals surface area contributed by atoms with Crippen LogP contribution in [0.1, 0.15) is 12.0 Å². The molecular formula is C12H14BrClN2O. The Labute approximate surface area is 114 Å². The molecule has 0 aliphatic carbocycles. The van der Waals surface area contributed by atoms with Gasteiger partial charge in [-0.25, -0.2) is 0 Å². The molecule has 0 spiro atoms. The first-order chi connectivity index (χ1) is 8.02. The van der Waals surface area contributed by atoms with E-state index >= 15 is 0 Å². The summed E-state index contributed by atoms with van der Waals surface area (Å²) in [5, 5.41) is 0. The minimum Gasteiger partial charge on any atom is -0.397 e. The highest BCUT2D eigenvalue weighted by atomic mass is 79.9. The van der Waals surface area contributed by atoms with Gasteiger partial charge in [0.25, 0.3) is 0 Å². The highest BCUT2D eigenvalue weighted by molar-refractivity contribution is 9.10. The Kier molecular flexibility index (Phi) is 3.64. The maximum Gasteiger partial charge on any atom is 0.227 e. The highest BCUT2D eigenvalue weighted by Gasteiger charge is 2.31. The Morgan fingerprint density at radius 3 is 2.88 bits per heavy atom. The van der Waals surface area contributed by atoms with Crippen LogP contribution >= 0.6 is 27.5 Å². The van der Waals surface area contributed by atoms with Crippen LogP contribution in [0.2, 0.25) is 0 Å². The van der Waals surface area contributed by atoms with Gasteiger partial charge in [0.2, 0.25) is 5.91 Å². The number of carbonyl (C=O) groups is 1. The first-order valence-electron chi connectivity index (χ1n) is 5.45. The predicted octanol–water partition coefficient (Wildman–Crippen LogP) is 2.93. The fourth-order valence-electron chi connectivity index (χ4n) is 2.04. The quantitative estimate of drug-likeness (QED) is 0.673. The minimum absolute atomic E-state index is 0.0955. The Hall–Kier alpha value is -0.740. The van der Waals surface area contributed by atoms with Crippen molar-refractivity contribution < 1.29 is 4.79 Å². The molecule has 1 fully saturated rings. The molecule has 2 rings (SSSR count). The van der Waals surface area contributed by atoms with Gasteiger partial charge >= 0.3 is 0 Å². The third-order valence-electron chi connectivity index (χ3n) is 3.02. The summed E-state index contributed by atoms with van der Waals surface area (Å²) in [6.07, 6.45) is 0.508. The average Bonchev–Trinajstić information content (AvgIpc) is 2.65. The fourth-order valence-corrected chi connectivity index (χ4v) is 2.58. The topological polar surface area (TPSA) is 46.3 Å². The highest BCUT2D eigenvalue weighted by Crippen LogP contribution is 2.34. The number of carbonyl (C=O) groups excluding carboxylic acids is 1. The van der Waals surface area contributed by atoms with Crippen molar-refractivity contribution in [1.82, 2.24) is 0 Å². The molecule has 1 aliphatic heterocycles. The number of nitrogens with zero attached hydrogens (tertiary/aromatic N) is 1. The lowest BCUT2D eigenvalue weighted by molar-refractivity contribution is -0.117. The molecule has 1 atom stereocenters. The SMILES string of the molecule is Cc1cc(N)c(N2CC(CCl)CC2=O)cc1Br. The predicted molar refractivity (Wildman–Crippen MR) is 74.5 cm³/mol. The minimum atomic E-state index is 0.0955. The van der Waals surface area contributed by atoms with E-state index in [9.17, 15) is 4.79 Å². The number of alkyl halides is 1. The number of hydrogen-bond acceptors (Lipinski definition) is 2. The molecule has 0 saturated carbocycles. The van der Waals surface area contributed by atoms with Crippen LogP contribution in [0.4, 0.5) is 11.4 Å². The van der Waals surface area contributed by atoms with Crippen molar-refractivity contribution in [1.29, 1.82) is 0 Å². The van der Waals surface area contributed by atoms with E-state index in [-0.39, 0.29) is 11.8 Å². The molecule has 1 saturated heterocycles. The van der Waals surface area contributed by atoms with Crippen LogP contribution in [0, 0.1) is 12.8 Å². The number of anilines is 2. The van der Waals surface area contributed by atoms with Gasteiger partial charge < -0.3 is 10.6 Å². The lowest BCUT2D eigenvalue weighted by Crippen LogP contribution is -2.25. The molecule has 0 bridgehead atoms. The largest absolute Gasteiger partial charge is 0.397 e. The van der Waals surface area contributed by atoms with E-state index in [1.807, 2.05) is 19.1 Å². The van der Waals surface area contributed by atoms with Crippen molar-refractivity contribution in [3.05, 3.63) is 22.2 Å². The van der Waals surface area contributed by atoms with Gasteiger partial charge in [0.15, 0.2) is 0 Å². The van der Waals surface area contributed by atoms with Crippen LogP contribution in [-0.4, -0.2) is 18.3 Å². The number of nitrogens with two attached hydrogens (primary N) is 1. The number of halogens is 2. The Balaban J connectivity index is 2.35. The van der Waals surface area contributed by atoms with Crippen LogP contribution in [0.5, 0.6) is 0 Å². The number of nitrogen functional groups attached to an aromatic ring is 1. The molecule has 0 radical (unpaired) electrons. The summed E-state index contributed by atoms with van der Waals surface area (Å²) in [4.78, 5) is 13.6. The third kappa shape index (κ3) is 2.43. The summed E-state index contributed by atoms with van der Waals surface area (Å²) in [6.45, 7) is 2.62. The first-order valence-corrected chi connectivity index (χ1v) is 6.77. The van der Waals surface area contributed by atoms with Gasteiger partial charge in [0.1, 0.15) is 0 Å². The van der Waals surface area contributed by atoms with E-state index in [0.717, 1.165) is 15.7 Å². The zero-order chi connectivity index (χ0) is 12.6. The van der Waals surface area contributed by atoms with Crippen LogP contribution in [0.25, 0.3) is 0 Å². The van der Waals surface area contributed by atoms with Crippen molar-refractivity contribution in [3.8, 4) is 0 Å². The van der Waals surface area contributed by atoms with E-state index in [1.54, 1.807) is 4.90 Å². The third-order valence-corrected chi connectivity index (χ3v) is 4.31. The lowest BCUT2D eigenvalue weighted by Gasteiger charge is -2.19. The van der Waals surface area contributed by atoms with Crippen molar-refractivity contribution in [2.45, 2.75) is 13.3 Å². The Morgan fingerprint density at radius 1 is 1.59 bits per heavy atom. The first kappa shape index (κ1) is 12.7. The summed E-state index contributed by atoms with van der Waals surface area (Å²) >= 11 is 9.26. The maximum atomic E-state index is 11.9. The molecule has 17 heavy (non-hydrogen) atoms. The summed E-state index contributed by atoms with van der Waals surface area (Å²) in [5.74, 6) is 0.830. The molecule has 1 amide bonds. The number of rotatable bonds is 2. The van der Waals surface area contributed by atoms with Gasteiger partial charge in [-0.1, -0.05) is 15.9 Å². The molecular weight excluding hydrogens is 304 g/mol. The summed E-state index contributed by atoms with van der Waals surface area (Å²) in [6, 6.07) is 3.78. The van der Waals surface area contributed by atoms with Crippen molar-refractivity contribution in [2.24, 2.45) is 5.92 Å². The van der Waals surface area contributed by atoms with Crippen molar-refractivity contribution in [2.75, 3.05) is 23.1 Å². The molecule has 3 nitrogen and oxygen atoms in total. The number of aryl methyl sites for hydroxylation is 1. The van der Waals surface area contributed by atoms with Crippen LogP contribution in [-0.2, 0) is 4.79 Å². The second-order valence-corrected chi connectivity index (χ2v) is 5.55. The van der Waals surface area contributed by atoms with Gasteiger partial charge in [0, 0.05) is 23.3 Å². The summed E-state index contributed by atoms with van der Waals surface area (Å²) < 4.78 is 0.962. The molecule has 1 aromatic carbocycles. The molecule has 1 unspecified atom stereocenters. The zero-order valence-electron chi connectivity index (χ0n) is 9.54. The van der Waals surface area contributed by atoms with Gasteiger partial charge in [-0.15, -0.1) is 11.6 Å². The summed E-state index contributed by atoms with van der Waals surface area (Å²) in [5.41, 5.74) is 8.44. The second-order valence-electron chi connectivity index (χ2n) is 4.39. The Bertz CT molecular complexity index is 464. The molecule has 92 valence electrons. The molecule has 2 N–H and O–H groups in total.